The maximum atomic E-state index is 6.12. The summed E-state index contributed by atoms with van der Waals surface area (Å²) in [5.41, 5.74) is 2.22. The highest BCUT2D eigenvalue weighted by Gasteiger charge is 2.02. The summed E-state index contributed by atoms with van der Waals surface area (Å²) in [7, 11) is 1.95. The maximum absolute atomic E-state index is 6.12. The molecule has 0 fully saturated rings. The Balaban J connectivity index is 2.04. The number of benzene rings is 1. The third kappa shape index (κ3) is 3.32. The smallest absolute Gasteiger partial charge is 0.0952 e. The van der Waals surface area contributed by atoms with E-state index in [4.69, 9.17) is 11.6 Å². The van der Waals surface area contributed by atoms with Crippen LogP contribution in [0.25, 0.3) is 0 Å². The van der Waals surface area contributed by atoms with Crippen LogP contribution in [-0.2, 0) is 13.0 Å². The molecule has 3 nitrogen and oxygen atoms in total. The summed E-state index contributed by atoms with van der Waals surface area (Å²) in [6.45, 7) is 1.72. The molecule has 2 rings (SSSR count). The molecule has 0 amide bonds. The van der Waals surface area contributed by atoms with E-state index in [1.165, 1.54) is 0 Å². The normalized spacial score (nSPS) is 10.7. The Kier molecular flexibility index (Phi) is 4.18. The molecular formula is C13H16ClN3. The number of nitrogens with zero attached hydrogens (tertiary/aromatic N) is 2. The highest BCUT2D eigenvalue weighted by molar-refractivity contribution is 6.31. The van der Waals surface area contributed by atoms with Crippen molar-refractivity contribution in [1.29, 1.82) is 0 Å². The molecule has 0 saturated carbocycles. The van der Waals surface area contributed by atoms with E-state index < -0.39 is 0 Å². The van der Waals surface area contributed by atoms with Crippen molar-refractivity contribution in [2.75, 3.05) is 13.6 Å². The van der Waals surface area contributed by atoms with Crippen LogP contribution in [-0.4, -0.2) is 23.1 Å². The fourth-order valence-corrected chi connectivity index (χ4v) is 1.89. The molecule has 1 aromatic carbocycles. The van der Waals surface area contributed by atoms with Crippen LogP contribution in [0.15, 0.2) is 36.8 Å². The lowest BCUT2D eigenvalue weighted by atomic mass is 10.2. The molecule has 17 heavy (non-hydrogen) atoms. The number of likely N-dealkylation sites (N-methyl/N-ethyl adjacent to an activating group) is 1. The van der Waals surface area contributed by atoms with Crippen LogP contribution in [0.2, 0.25) is 5.02 Å². The van der Waals surface area contributed by atoms with Gasteiger partial charge in [0.2, 0.25) is 0 Å². The second-order valence-corrected chi connectivity index (χ2v) is 4.39. The Bertz CT molecular complexity index is 479. The van der Waals surface area contributed by atoms with Crippen molar-refractivity contribution < 1.29 is 0 Å². The molecule has 4 heteroatoms. The summed E-state index contributed by atoms with van der Waals surface area (Å²) in [6, 6.07) is 7.89. The Hall–Kier alpha value is -1.32. The van der Waals surface area contributed by atoms with Crippen LogP contribution < -0.4 is 5.32 Å². The number of aromatic nitrogens is 2. The van der Waals surface area contributed by atoms with E-state index in [0.717, 1.165) is 35.8 Å². The summed E-state index contributed by atoms with van der Waals surface area (Å²) in [5.74, 6) is 0. The van der Waals surface area contributed by atoms with E-state index in [2.05, 4.69) is 21.1 Å². The van der Waals surface area contributed by atoms with Crippen molar-refractivity contribution in [3.05, 3.63) is 53.1 Å². The van der Waals surface area contributed by atoms with Crippen LogP contribution in [0.3, 0.4) is 0 Å². The van der Waals surface area contributed by atoms with E-state index in [-0.39, 0.29) is 0 Å². The number of rotatable bonds is 5. The third-order valence-electron chi connectivity index (χ3n) is 2.63. The van der Waals surface area contributed by atoms with Crippen molar-refractivity contribution in [3.8, 4) is 0 Å². The average Bonchev–Trinajstić information content (AvgIpc) is 2.77. The lowest BCUT2D eigenvalue weighted by Gasteiger charge is -2.04. The summed E-state index contributed by atoms with van der Waals surface area (Å²) < 4.78 is 2.06. The Morgan fingerprint density at radius 1 is 1.35 bits per heavy atom. The summed E-state index contributed by atoms with van der Waals surface area (Å²) in [4.78, 5) is 4.36. The van der Waals surface area contributed by atoms with Crippen LogP contribution in [0.5, 0.6) is 0 Å². The highest BCUT2D eigenvalue weighted by atomic mass is 35.5. The monoisotopic (exact) mass is 249 g/mol. The molecule has 1 heterocycles. The molecule has 0 radical (unpaired) electrons. The first kappa shape index (κ1) is 12.1. The van der Waals surface area contributed by atoms with Gasteiger partial charge in [0, 0.05) is 30.7 Å². The molecule has 1 N–H and O–H groups in total. The van der Waals surface area contributed by atoms with E-state index >= 15 is 0 Å². The SMILES string of the molecule is CNCCc1cn(Cc2ccccc2Cl)cn1. The van der Waals surface area contributed by atoms with Gasteiger partial charge in [-0.2, -0.15) is 0 Å². The topological polar surface area (TPSA) is 29.9 Å². The van der Waals surface area contributed by atoms with Gasteiger partial charge in [0.15, 0.2) is 0 Å². The van der Waals surface area contributed by atoms with Gasteiger partial charge in [0.1, 0.15) is 0 Å². The average molecular weight is 250 g/mol. The molecule has 0 unspecified atom stereocenters. The van der Waals surface area contributed by atoms with Gasteiger partial charge in [-0.25, -0.2) is 4.98 Å². The Morgan fingerprint density at radius 3 is 2.94 bits per heavy atom. The van der Waals surface area contributed by atoms with Crippen molar-refractivity contribution in [1.82, 2.24) is 14.9 Å². The maximum Gasteiger partial charge on any atom is 0.0952 e. The van der Waals surface area contributed by atoms with Gasteiger partial charge >= 0.3 is 0 Å². The first-order valence-electron chi connectivity index (χ1n) is 5.68. The zero-order valence-electron chi connectivity index (χ0n) is 9.86. The predicted molar refractivity (Wildman–Crippen MR) is 70.4 cm³/mol. The summed E-state index contributed by atoms with van der Waals surface area (Å²) in [6.07, 6.45) is 4.88. The van der Waals surface area contributed by atoms with Crippen molar-refractivity contribution in [2.45, 2.75) is 13.0 Å². The number of hydrogen-bond donors (Lipinski definition) is 1. The van der Waals surface area contributed by atoms with Crippen LogP contribution in [0.4, 0.5) is 0 Å². The first-order valence-corrected chi connectivity index (χ1v) is 6.06. The predicted octanol–water partition coefficient (Wildman–Crippen LogP) is 2.35. The van der Waals surface area contributed by atoms with Gasteiger partial charge in [0.05, 0.1) is 12.0 Å². The van der Waals surface area contributed by atoms with E-state index in [1.807, 2.05) is 37.6 Å². The number of hydrogen-bond acceptors (Lipinski definition) is 2. The van der Waals surface area contributed by atoms with Gasteiger partial charge in [-0.05, 0) is 18.7 Å². The molecule has 0 bridgehead atoms. The van der Waals surface area contributed by atoms with Gasteiger partial charge in [0.25, 0.3) is 0 Å². The third-order valence-corrected chi connectivity index (χ3v) is 3.00. The van der Waals surface area contributed by atoms with E-state index in [9.17, 15) is 0 Å². The van der Waals surface area contributed by atoms with Crippen LogP contribution in [0, 0.1) is 0 Å². The minimum Gasteiger partial charge on any atom is -0.333 e. The van der Waals surface area contributed by atoms with Gasteiger partial charge in [-0.1, -0.05) is 29.8 Å². The second kappa shape index (κ2) is 5.84. The highest BCUT2D eigenvalue weighted by Crippen LogP contribution is 2.16. The standard InChI is InChI=1S/C13H16ClN3/c1-15-7-6-12-9-17(10-16-12)8-11-4-2-3-5-13(11)14/h2-5,9-10,15H,6-8H2,1H3. The summed E-state index contributed by atoms with van der Waals surface area (Å²) >= 11 is 6.12. The van der Waals surface area contributed by atoms with Crippen molar-refractivity contribution in [3.63, 3.8) is 0 Å². The number of nitrogens with one attached hydrogen (secondary N) is 1. The molecule has 0 aliphatic carbocycles. The first-order chi connectivity index (χ1) is 8.29. The molecule has 0 aliphatic rings. The molecule has 1 aromatic heterocycles. The minimum atomic E-state index is 0.770. The minimum absolute atomic E-state index is 0.770. The molecular weight excluding hydrogens is 234 g/mol. The zero-order chi connectivity index (χ0) is 12.1. The fraction of sp³-hybridized carbons (Fsp3) is 0.308. The molecule has 2 aromatic rings. The number of halogens is 1. The molecule has 0 aliphatic heterocycles. The summed E-state index contributed by atoms with van der Waals surface area (Å²) in [5, 5.41) is 3.92. The van der Waals surface area contributed by atoms with Crippen LogP contribution in [0.1, 0.15) is 11.3 Å². The zero-order valence-corrected chi connectivity index (χ0v) is 10.6. The second-order valence-electron chi connectivity index (χ2n) is 3.98. The fourth-order valence-electron chi connectivity index (χ4n) is 1.70. The Morgan fingerprint density at radius 2 is 2.18 bits per heavy atom. The largest absolute Gasteiger partial charge is 0.333 e. The van der Waals surface area contributed by atoms with Crippen LogP contribution >= 0.6 is 11.6 Å². The lowest BCUT2D eigenvalue weighted by Crippen LogP contribution is -2.10. The van der Waals surface area contributed by atoms with Crippen molar-refractivity contribution in [2.24, 2.45) is 0 Å². The Labute approximate surface area is 106 Å². The van der Waals surface area contributed by atoms with Gasteiger partial charge in [-0.15, -0.1) is 0 Å². The van der Waals surface area contributed by atoms with Gasteiger partial charge < -0.3 is 9.88 Å². The lowest BCUT2D eigenvalue weighted by molar-refractivity contribution is 0.774. The molecule has 90 valence electrons. The molecule has 0 saturated heterocycles. The van der Waals surface area contributed by atoms with Gasteiger partial charge in [-0.3, -0.25) is 0 Å². The quantitative estimate of drug-likeness (QED) is 0.882. The molecule has 0 atom stereocenters. The van der Waals surface area contributed by atoms with E-state index in [1.54, 1.807) is 0 Å². The molecule has 0 spiro atoms. The van der Waals surface area contributed by atoms with Crippen molar-refractivity contribution >= 4 is 11.6 Å². The number of imidazole rings is 1. The van der Waals surface area contributed by atoms with E-state index in [0.29, 0.717) is 0 Å².